The van der Waals surface area contributed by atoms with Crippen molar-refractivity contribution in [1.29, 1.82) is 0 Å². The first kappa shape index (κ1) is 16.4. The summed E-state index contributed by atoms with van der Waals surface area (Å²) in [6.07, 6.45) is 12.2. The molecule has 1 aromatic carbocycles. The number of nitrogens with one attached hydrogen (secondary N) is 1. The van der Waals surface area contributed by atoms with Gasteiger partial charge in [-0.05, 0) is 25.1 Å². The number of ether oxygens (including phenoxy) is 1. The summed E-state index contributed by atoms with van der Waals surface area (Å²) in [5, 5.41) is 3.47. The molecule has 2 atom stereocenters. The maximum absolute atomic E-state index is 6.11. The van der Waals surface area contributed by atoms with E-state index in [1.54, 1.807) is 0 Å². The molecule has 2 heteroatoms. The number of fused-ring (bicyclic) bond motifs is 1. The molecular formula is C19H31NO. The van der Waals surface area contributed by atoms with Gasteiger partial charge in [-0.25, -0.2) is 0 Å². The van der Waals surface area contributed by atoms with Gasteiger partial charge < -0.3 is 10.1 Å². The van der Waals surface area contributed by atoms with Crippen molar-refractivity contribution >= 4 is 0 Å². The minimum absolute atomic E-state index is 0.312. The molecule has 0 saturated carbocycles. The first-order valence-electron chi connectivity index (χ1n) is 8.77. The fraction of sp³-hybridized carbons (Fsp3) is 0.684. The molecule has 21 heavy (non-hydrogen) atoms. The average molecular weight is 289 g/mol. The van der Waals surface area contributed by atoms with Gasteiger partial charge in [0.2, 0.25) is 0 Å². The van der Waals surface area contributed by atoms with Crippen LogP contribution >= 0.6 is 0 Å². The van der Waals surface area contributed by atoms with Crippen LogP contribution in [0.15, 0.2) is 24.3 Å². The Labute approximate surface area is 130 Å². The van der Waals surface area contributed by atoms with Gasteiger partial charge in [0.15, 0.2) is 0 Å². The van der Waals surface area contributed by atoms with E-state index >= 15 is 0 Å². The van der Waals surface area contributed by atoms with E-state index in [4.69, 9.17) is 4.74 Å². The standard InChI is InChI=1S/C19H31NO/c1-3-4-5-6-7-8-9-13-17(20-2)19-15-16-12-10-11-14-18(16)21-19/h10-12,14,17,19-20H,3-9,13,15H2,1-2H3. The van der Waals surface area contributed by atoms with Crippen LogP contribution in [0.3, 0.4) is 0 Å². The largest absolute Gasteiger partial charge is 0.488 e. The minimum atomic E-state index is 0.312. The highest BCUT2D eigenvalue weighted by molar-refractivity contribution is 5.37. The van der Waals surface area contributed by atoms with Crippen LogP contribution < -0.4 is 10.1 Å². The van der Waals surface area contributed by atoms with Crippen molar-refractivity contribution in [3.63, 3.8) is 0 Å². The van der Waals surface area contributed by atoms with Crippen LogP contribution in [0.1, 0.15) is 63.9 Å². The van der Waals surface area contributed by atoms with Crippen LogP contribution in [0, 0.1) is 0 Å². The van der Waals surface area contributed by atoms with Crippen LogP contribution in [0.2, 0.25) is 0 Å². The predicted molar refractivity (Wildman–Crippen MR) is 90.0 cm³/mol. The molecule has 2 nitrogen and oxygen atoms in total. The Balaban J connectivity index is 1.65. The molecule has 118 valence electrons. The normalized spacial score (nSPS) is 18.3. The molecule has 0 fully saturated rings. The van der Waals surface area contributed by atoms with Crippen LogP contribution in [0.5, 0.6) is 5.75 Å². The van der Waals surface area contributed by atoms with Crippen molar-refractivity contribution in [3.05, 3.63) is 29.8 Å². The Bertz CT molecular complexity index is 379. The SMILES string of the molecule is CCCCCCCCCC(NC)C1Cc2ccccc2O1. The zero-order valence-electron chi connectivity index (χ0n) is 13.7. The highest BCUT2D eigenvalue weighted by atomic mass is 16.5. The minimum Gasteiger partial charge on any atom is -0.488 e. The van der Waals surface area contributed by atoms with Gasteiger partial charge in [0.05, 0.1) is 0 Å². The van der Waals surface area contributed by atoms with Gasteiger partial charge in [-0.1, -0.05) is 70.1 Å². The van der Waals surface area contributed by atoms with E-state index in [1.807, 2.05) is 0 Å². The number of benzene rings is 1. The third-order valence-electron chi connectivity index (χ3n) is 4.61. The van der Waals surface area contributed by atoms with Gasteiger partial charge in [-0.15, -0.1) is 0 Å². The van der Waals surface area contributed by atoms with Crippen molar-refractivity contribution in [2.45, 2.75) is 76.9 Å². The summed E-state index contributed by atoms with van der Waals surface area (Å²) in [6.45, 7) is 2.27. The average Bonchev–Trinajstić information content (AvgIpc) is 2.94. The Kier molecular flexibility index (Phi) is 7.08. The number of rotatable bonds is 10. The van der Waals surface area contributed by atoms with Gasteiger partial charge in [0, 0.05) is 12.5 Å². The second-order valence-corrected chi connectivity index (χ2v) is 6.27. The molecule has 1 N–H and O–H groups in total. The lowest BCUT2D eigenvalue weighted by Crippen LogP contribution is -2.40. The van der Waals surface area contributed by atoms with E-state index < -0.39 is 0 Å². The number of unbranched alkanes of at least 4 members (excludes halogenated alkanes) is 6. The molecule has 1 aliphatic heterocycles. The van der Waals surface area contributed by atoms with Crippen molar-refractivity contribution in [1.82, 2.24) is 5.32 Å². The quantitative estimate of drug-likeness (QED) is 0.629. The van der Waals surface area contributed by atoms with E-state index in [1.165, 1.54) is 56.9 Å². The van der Waals surface area contributed by atoms with Gasteiger partial charge >= 0.3 is 0 Å². The van der Waals surface area contributed by atoms with Crippen molar-refractivity contribution in [2.24, 2.45) is 0 Å². The van der Waals surface area contributed by atoms with E-state index in [-0.39, 0.29) is 0 Å². The fourth-order valence-electron chi connectivity index (χ4n) is 3.27. The smallest absolute Gasteiger partial charge is 0.123 e. The lowest BCUT2D eigenvalue weighted by molar-refractivity contribution is 0.174. The van der Waals surface area contributed by atoms with Crippen LogP contribution in [-0.4, -0.2) is 19.2 Å². The molecule has 2 unspecified atom stereocenters. The predicted octanol–water partition coefficient (Wildman–Crippen LogP) is 4.72. The fourth-order valence-corrected chi connectivity index (χ4v) is 3.27. The molecule has 0 bridgehead atoms. The molecule has 0 saturated heterocycles. The van der Waals surface area contributed by atoms with Crippen LogP contribution in [0.4, 0.5) is 0 Å². The van der Waals surface area contributed by atoms with Gasteiger partial charge in [0.1, 0.15) is 11.9 Å². The number of para-hydroxylation sites is 1. The highest BCUT2D eigenvalue weighted by Crippen LogP contribution is 2.30. The maximum Gasteiger partial charge on any atom is 0.123 e. The second kappa shape index (κ2) is 9.09. The summed E-state index contributed by atoms with van der Waals surface area (Å²) in [5.41, 5.74) is 1.36. The van der Waals surface area contributed by atoms with Crippen molar-refractivity contribution in [3.8, 4) is 5.75 Å². The maximum atomic E-state index is 6.11. The lowest BCUT2D eigenvalue weighted by atomic mass is 9.98. The van der Waals surface area contributed by atoms with Gasteiger partial charge in [-0.2, -0.15) is 0 Å². The molecular weight excluding hydrogens is 258 g/mol. The van der Waals surface area contributed by atoms with E-state index in [9.17, 15) is 0 Å². The molecule has 2 rings (SSSR count). The summed E-state index contributed by atoms with van der Waals surface area (Å²) < 4.78 is 6.11. The van der Waals surface area contributed by atoms with Crippen molar-refractivity contribution in [2.75, 3.05) is 7.05 Å². The number of hydrogen-bond donors (Lipinski definition) is 1. The molecule has 1 aromatic rings. The van der Waals surface area contributed by atoms with Crippen molar-refractivity contribution < 1.29 is 4.74 Å². The van der Waals surface area contributed by atoms with Crippen LogP contribution in [-0.2, 0) is 6.42 Å². The summed E-state index contributed by atoms with van der Waals surface area (Å²) >= 11 is 0. The summed E-state index contributed by atoms with van der Waals surface area (Å²) in [6, 6.07) is 8.93. The Morgan fingerprint density at radius 3 is 2.52 bits per heavy atom. The zero-order chi connectivity index (χ0) is 14.9. The third kappa shape index (κ3) is 5.03. The number of likely N-dealkylation sites (N-methyl/N-ethyl adjacent to an activating group) is 1. The second-order valence-electron chi connectivity index (χ2n) is 6.27. The first-order valence-corrected chi connectivity index (χ1v) is 8.77. The Hall–Kier alpha value is -1.02. The topological polar surface area (TPSA) is 21.3 Å². The van der Waals surface area contributed by atoms with Gasteiger partial charge in [0.25, 0.3) is 0 Å². The highest BCUT2D eigenvalue weighted by Gasteiger charge is 2.28. The lowest BCUT2D eigenvalue weighted by Gasteiger charge is -2.22. The zero-order valence-corrected chi connectivity index (χ0v) is 13.7. The Morgan fingerprint density at radius 1 is 1.10 bits per heavy atom. The van der Waals surface area contributed by atoms with Crippen LogP contribution in [0.25, 0.3) is 0 Å². The Morgan fingerprint density at radius 2 is 1.81 bits per heavy atom. The summed E-state index contributed by atoms with van der Waals surface area (Å²) in [7, 11) is 2.07. The number of hydrogen-bond acceptors (Lipinski definition) is 2. The van der Waals surface area contributed by atoms with E-state index in [2.05, 4.69) is 43.6 Å². The molecule has 0 aliphatic carbocycles. The molecule has 1 aliphatic rings. The molecule has 0 radical (unpaired) electrons. The summed E-state index contributed by atoms with van der Waals surface area (Å²) in [4.78, 5) is 0. The summed E-state index contributed by atoms with van der Waals surface area (Å²) in [5.74, 6) is 1.09. The molecule has 1 heterocycles. The van der Waals surface area contributed by atoms with E-state index in [0.717, 1.165) is 12.2 Å². The van der Waals surface area contributed by atoms with E-state index in [0.29, 0.717) is 12.1 Å². The molecule has 0 aromatic heterocycles. The first-order chi connectivity index (χ1) is 10.3. The monoisotopic (exact) mass is 289 g/mol. The molecule has 0 spiro atoms. The van der Waals surface area contributed by atoms with Gasteiger partial charge in [-0.3, -0.25) is 0 Å². The third-order valence-corrected chi connectivity index (χ3v) is 4.61. The molecule has 0 amide bonds.